The number of rotatable bonds is 8. The van der Waals surface area contributed by atoms with Crippen molar-refractivity contribution in [3.8, 4) is 5.75 Å². The van der Waals surface area contributed by atoms with E-state index in [1.807, 2.05) is 31.2 Å². The Hall–Kier alpha value is -2.04. The fourth-order valence-electron chi connectivity index (χ4n) is 1.83. The molecule has 5 heteroatoms. The lowest BCUT2D eigenvalue weighted by molar-refractivity contribution is -0.149. The third-order valence-corrected chi connectivity index (χ3v) is 3.03. The molecule has 0 bridgehead atoms. The maximum absolute atomic E-state index is 12.0. The molecule has 0 unspecified atom stereocenters. The highest BCUT2D eigenvalue weighted by Crippen LogP contribution is 2.13. The third-order valence-electron chi connectivity index (χ3n) is 3.03. The van der Waals surface area contributed by atoms with E-state index < -0.39 is 5.97 Å². The Morgan fingerprint density at radius 2 is 1.95 bits per heavy atom. The summed E-state index contributed by atoms with van der Waals surface area (Å²) in [4.78, 5) is 24.9. The van der Waals surface area contributed by atoms with Gasteiger partial charge in [-0.1, -0.05) is 19.1 Å². The van der Waals surface area contributed by atoms with Crippen LogP contribution in [0.2, 0.25) is 0 Å². The molecule has 1 aromatic rings. The molecule has 0 aliphatic heterocycles. The average Bonchev–Trinajstić information content (AvgIpc) is 2.50. The number of nitrogens with zero attached hydrogens (tertiary/aromatic N) is 1. The molecule has 1 amide bonds. The number of likely N-dealkylation sites (N-methyl/N-ethyl adjacent to an activating group) is 1. The van der Waals surface area contributed by atoms with Gasteiger partial charge in [0.25, 0.3) is 5.91 Å². The van der Waals surface area contributed by atoms with Gasteiger partial charge in [-0.15, -0.1) is 0 Å². The smallest absolute Gasteiger partial charge is 0.325 e. The molecule has 0 fully saturated rings. The molecule has 0 aromatic heterocycles. The summed E-state index contributed by atoms with van der Waals surface area (Å²) in [6.45, 7) is 6.24. The van der Waals surface area contributed by atoms with E-state index in [4.69, 9.17) is 9.47 Å². The van der Waals surface area contributed by atoms with Crippen LogP contribution in [0.15, 0.2) is 24.3 Å². The summed E-state index contributed by atoms with van der Waals surface area (Å²) < 4.78 is 10.3. The van der Waals surface area contributed by atoms with Crippen LogP contribution in [-0.2, 0) is 20.7 Å². The molecular formula is C16H23NO4. The van der Waals surface area contributed by atoms with Crippen LogP contribution in [0, 0.1) is 0 Å². The van der Waals surface area contributed by atoms with Crippen LogP contribution >= 0.6 is 0 Å². The fraction of sp³-hybridized carbons (Fsp3) is 0.500. The lowest BCUT2D eigenvalue weighted by Crippen LogP contribution is -2.39. The summed E-state index contributed by atoms with van der Waals surface area (Å²) in [6, 6.07) is 7.63. The topological polar surface area (TPSA) is 55.8 Å². The number of hydrogen-bond donors (Lipinski definition) is 0. The highest BCUT2D eigenvalue weighted by atomic mass is 16.5. The van der Waals surface area contributed by atoms with E-state index in [0.717, 1.165) is 12.0 Å². The lowest BCUT2D eigenvalue weighted by Gasteiger charge is -2.19. The summed E-state index contributed by atoms with van der Waals surface area (Å²) in [7, 11) is 0. The molecule has 0 radical (unpaired) electrons. The van der Waals surface area contributed by atoms with Gasteiger partial charge in [0.15, 0.2) is 6.61 Å². The number of esters is 1. The van der Waals surface area contributed by atoms with Gasteiger partial charge in [-0.3, -0.25) is 9.59 Å². The van der Waals surface area contributed by atoms with Gasteiger partial charge < -0.3 is 14.4 Å². The molecule has 5 nitrogen and oxygen atoms in total. The van der Waals surface area contributed by atoms with E-state index in [1.54, 1.807) is 6.92 Å². The SMILES string of the molecule is CCOC(=O)CN(CC)C(=O)COc1cccc(CC)c1. The fourth-order valence-corrected chi connectivity index (χ4v) is 1.83. The zero-order chi connectivity index (χ0) is 15.7. The maximum Gasteiger partial charge on any atom is 0.325 e. The van der Waals surface area contributed by atoms with Gasteiger partial charge >= 0.3 is 5.97 Å². The Balaban J connectivity index is 2.51. The van der Waals surface area contributed by atoms with Crippen molar-refractivity contribution in [2.24, 2.45) is 0 Å². The Kier molecular flexibility index (Phi) is 7.29. The summed E-state index contributed by atoms with van der Waals surface area (Å²) in [5.41, 5.74) is 1.15. The van der Waals surface area contributed by atoms with Crippen LogP contribution in [0.25, 0.3) is 0 Å². The minimum Gasteiger partial charge on any atom is -0.484 e. The number of hydrogen-bond acceptors (Lipinski definition) is 4. The van der Waals surface area contributed by atoms with Crippen molar-refractivity contribution >= 4 is 11.9 Å². The zero-order valence-corrected chi connectivity index (χ0v) is 12.9. The van der Waals surface area contributed by atoms with Crippen molar-refractivity contribution in [3.05, 3.63) is 29.8 Å². The van der Waals surface area contributed by atoms with Gasteiger partial charge in [0.05, 0.1) is 6.61 Å². The first kappa shape index (κ1) is 17.0. The van der Waals surface area contributed by atoms with Gasteiger partial charge in [-0.05, 0) is 38.0 Å². The first-order chi connectivity index (χ1) is 10.1. The van der Waals surface area contributed by atoms with E-state index in [0.29, 0.717) is 18.9 Å². The van der Waals surface area contributed by atoms with E-state index >= 15 is 0 Å². The zero-order valence-electron chi connectivity index (χ0n) is 12.9. The van der Waals surface area contributed by atoms with E-state index in [1.165, 1.54) is 4.90 Å². The minimum atomic E-state index is -0.402. The first-order valence-corrected chi connectivity index (χ1v) is 7.25. The second kappa shape index (κ2) is 9.00. The van der Waals surface area contributed by atoms with Crippen LogP contribution in [0.5, 0.6) is 5.75 Å². The van der Waals surface area contributed by atoms with Crippen LogP contribution in [0.1, 0.15) is 26.3 Å². The molecule has 0 aliphatic rings. The molecule has 0 N–H and O–H groups in total. The van der Waals surface area contributed by atoms with Crippen LogP contribution in [-0.4, -0.2) is 43.1 Å². The van der Waals surface area contributed by atoms with E-state index in [2.05, 4.69) is 6.92 Å². The molecule has 1 aromatic carbocycles. The van der Waals surface area contributed by atoms with Gasteiger partial charge in [-0.2, -0.15) is 0 Å². The first-order valence-electron chi connectivity index (χ1n) is 7.25. The number of carbonyl (C=O) groups excluding carboxylic acids is 2. The largest absolute Gasteiger partial charge is 0.484 e. The quantitative estimate of drug-likeness (QED) is 0.688. The molecule has 0 heterocycles. The highest BCUT2D eigenvalue weighted by Gasteiger charge is 2.16. The third kappa shape index (κ3) is 5.85. The number of aryl methyl sites for hydroxylation is 1. The molecule has 1 rings (SSSR count). The summed E-state index contributed by atoms with van der Waals surface area (Å²) in [5, 5.41) is 0. The normalized spacial score (nSPS) is 10.0. The minimum absolute atomic E-state index is 0.0401. The van der Waals surface area contributed by atoms with E-state index in [9.17, 15) is 9.59 Å². The number of carbonyl (C=O) groups is 2. The maximum atomic E-state index is 12.0. The summed E-state index contributed by atoms with van der Waals surface area (Å²) in [5.74, 6) is 0.0306. The van der Waals surface area contributed by atoms with Crippen molar-refractivity contribution in [2.75, 3.05) is 26.3 Å². The van der Waals surface area contributed by atoms with Gasteiger partial charge in [-0.25, -0.2) is 0 Å². The van der Waals surface area contributed by atoms with Crippen LogP contribution in [0.3, 0.4) is 0 Å². The number of amides is 1. The van der Waals surface area contributed by atoms with Gasteiger partial charge in [0.2, 0.25) is 0 Å². The lowest BCUT2D eigenvalue weighted by atomic mass is 10.2. The molecule has 0 saturated heterocycles. The van der Waals surface area contributed by atoms with Crippen molar-refractivity contribution in [3.63, 3.8) is 0 Å². The van der Waals surface area contributed by atoms with Crippen molar-refractivity contribution < 1.29 is 19.1 Å². The van der Waals surface area contributed by atoms with Crippen molar-refractivity contribution in [1.29, 1.82) is 0 Å². The molecule has 21 heavy (non-hydrogen) atoms. The number of ether oxygens (including phenoxy) is 2. The predicted molar refractivity (Wildman–Crippen MR) is 80.2 cm³/mol. The molecule has 0 atom stereocenters. The second-order valence-electron chi connectivity index (χ2n) is 4.50. The van der Waals surface area contributed by atoms with Gasteiger partial charge in [0.1, 0.15) is 12.3 Å². The summed E-state index contributed by atoms with van der Waals surface area (Å²) >= 11 is 0. The second-order valence-corrected chi connectivity index (χ2v) is 4.50. The number of benzene rings is 1. The molecular weight excluding hydrogens is 270 g/mol. The summed E-state index contributed by atoms with van der Waals surface area (Å²) in [6.07, 6.45) is 0.912. The Bertz CT molecular complexity index is 473. The van der Waals surface area contributed by atoms with Gasteiger partial charge in [0, 0.05) is 6.54 Å². The van der Waals surface area contributed by atoms with Crippen molar-refractivity contribution in [2.45, 2.75) is 27.2 Å². The predicted octanol–water partition coefficient (Wildman–Crippen LogP) is 2.04. The van der Waals surface area contributed by atoms with Crippen LogP contribution < -0.4 is 4.74 Å². The van der Waals surface area contributed by atoms with E-state index in [-0.39, 0.29) is 19.1 Å². The highest BCUT2D eigenvalue weighted by molar-refractivity contribution is 5.83. The Morgan fingerprint density at radius 1 is 1.19 bits per heavy atom. The van der Waals surface area contributed by atoms with Crippen molar-refractivity contribution in [1.82, 2.24) is 4.90 Å². The molecule has 0 spiro atoms. The standard InChI is InChI=1S/C16H23NO4/c1-4-13-8-7-9-14(10-13)21-12-15(18)17(5-2)11-16(19)20-6-3/h7-10H,4-6,11-12H2,1-3H3. The average molecular weight is 293 g/mol. The Morgan fingerprint density at radius 3 is 2.57 bits per heavy atom. The molecule has 0 saturated carbocycles. The monoisotopic (exact) mass is 293 g/mol. The molecule has 116 valence electrons. The Labute approximate surface area is 125 Å². The molecule has 0 aliphatic carbocycles. The van der Waals surface area contributed by atoms with Crippen LogP contribution in [0.4, 0.5) is 0 Å².